The van der Waals surface area contributed by atoms with E-state index in [1.165, 1.54) is 7.05 Å². The van der Waals surface area contributed by atoms with Gasteiger partial charge in [-0.1, -0.05) is 18.1 Å². The van der Waals surface area contributed by atoms with Gasteiger partial charge in [-0.25, -0.2) is 9.67 Å². The van der Waals surface area contributed by atoms with Gasteiger partial charge in [0.25, 0.3) is 0 Å². The van der Waals surface area contributed by atoms with Crippen LogP contribution in [0.4, 0.5) is 13.2 Å². The largest absolute Gasteiger partial charge is 0.435 e. The van der Waals surface area contributed by atoms with Crippen LogP contribution >= 0.6 is 0 Å². The van der Waals surface area contributed by atoms with Gasteiger partial charge in [0.2, 0.25) is 11.8 Å². The lowest BCUT2D eigenvalue weighted by atomic mass is 10.2. The van der Waals surface area contributed by atoms with Crippen LogP contribution in [0.5, 0.6) is 11.8 Å². The first kappa shape index (κ1) is 17.6. The van der Waals surface area contributed by atoms with Crippen molar-refractivity contribution in [3.8, 4) is 23.6 Å². The molecular formula is C17H16F3N3O. The van der Waals surface area contributed by atoms with Gasteiger partial charge >= 0.3 is 6.18 Å². The number of pyridine rings is 1. The number of hydrogen-bond donors (Lipinski definition) is 0. The fraction of sp³-hybridized carbons (Fsp3) is 0.294. The van der Waals surface area contributed by atoms with Crippen molar-refractivity contribution in [1.29, 1.82) is 0 Å². The average Bonchev–Trinajstić information content (AvgIpc) is 2.79. The zero-order chi connectivity index (χ0) is 17.9. The third-order valence-corrected chi connectivity index (χ3v) is 2.89. The van der Waals surface area contributed by atoms with Crippen molar-refractivity contribution in [2.24, 2.45) is 7.05 Å². The maximum atomic E-state index is 12.7. The van der Waals surface area contributed by atoms with E-state index in [4.69, 9.17) is 4.74 Å². The van der Waals surface area contributed by atoms with Crippen LogP contribution in [-0.2, 0) is 13.2 Å². The Kier molecular flexibility index (Phi) is 4.98. The lowest BCUT2D eigenvalue weighted by molar-refractivity contribution is -0.141. The van der Waals surface area contributed by atoms with E-state index in [2.05, 4.69) is 28.5 Å². The second-order valence-electron chi connectivity index (χ2n) is 5.39. The highest BCUT2D eigenvalue weighted by Crippen LogP contribution is 2.31. The standard InChI is InChI=1S/C17H16F3N3O/c1-11(2)6-5-7-13-8-12(3)9-15(21-13)24-16-10-14(17(18,19)20)22-23(16)4/h8-10H,1,6H2,2-4H3. The number of rotatable bonds is 3. The third-order valence-electron chi connectivity index (χ3n) is 2.89. The van der Waals surface area contributed by atoms with Crippen LogP contribution in [0.2, 0.25) is 0 Å². The van der Waals surface area contributed by atoms with Crippen molar-refractivity contribution in [1.82, 2.24) is 14.8 Å². The van der Waals surface area contributed by atoms with E-state index >= 15 is 0 Å². The van der Waals surface area contributed by atoms with Crippen molar-refractivity contribution in [3.63, 3.8) is 0 Å². The Morgan fingerprint density at radius 2 is 2.04 bits per heavy atom. The molecule has 2 rings (SSSR count). The van der Waals surface area contributed by atoms with Crippen LogP contribution in [0, 0.1) is 18.8 Å². The Morgan fingerprint density at radius 3 is 2.62 bits per heavy atom. The number of allylic oxidation sites excluding steroid dienone is 1. The highest BCUT2D eigenvalue weighted by molar-refractivity contribution is 5.36. The summed E-state index contributed by atoms with van der Waals surface area (Å²) in [4.78, 5) is 4.19. The molecule has 0 spiro atoms. The topological polar surface area (TPSA) is 39.9 Å². The maximum Gasteiger partial charge on any atom is 0.435 e. The normalized spacial score (nSPS) is 10.9. The van der Waals surface area contributed by atoms with Crippen molar-refractivity contribution >= 4 is 0 Å². The van der Waals surface area contributed by atoms with E-state index in [-0.39, 0.29) is 11.8 Å². The summed E-state index contributed by atoms with van der Waals surface area (Å²) in [6.45, 7) is 7.45. The SMILES string of the molecule is C=C(C)CC#Cc1cc(C)cc(Oc2cc(C(F)(F)F)nn2C)n1. The van der Waals surface area contributed by atoms with Gasteiger partial charge in [0.15, 0.2) is 5.69 Å². The van der Waals surface area contributed by atoms with Crippen LogP contribution in [-0.4, -0.2) is 14.8 Å². The Hall–Kier alpha value is -2.75. The minimum Gasteiger partial charge on any atom is -0.421 e. The van der Waals surface area contributed by atoms with Gasteiger partial charge in [0.1, 0.15) is 5.69 Å². The first-order valence-electron chi connectivity index (χ1n) is 7.06. The molecule has 0 N–H and O–H groups in total. The fourth-order valence-corrected chi connectivity index (χ4v) is 1.83. The molecule has 0 saturated carbocycles. The van der Waals surface area contributed by atoms with Gasteiger partial charge < -0.3 is 4.74 Å². The third kappa shape index (κ3) is 4.62. The minimum atomic E-state index is -4.53. The number of nitrogens with zero attached hydrogens (tertiary/aromatic N) is 3. The van der Waals surface area contributed by atoms with Crippen molar-refractivity contribution in [3.05, 3.63) is 47.3 Å². The predicted octanol–water partition coefficient (Wildman–Crippen LogP) is 4.25. The molecule has 0 aliphatic heterocycles. The average molecular weight is 335 g/mol. The molecule has 126 valence electrons. The molecule has 24 heavy (non-hydrogen) atoms. The van der Waals surface area contributed by atoms with Gasteiger partial charge in [-0.05, 0) is 31.4 Å². The van der Waals surface area contributed by atoms with Gasteiger partial charge in [0.05, 0.1) is 0 Å². The number of hydrogen-bond acceptors (Lipinski definition) is 3. The molecule has 0 unspecified atom stereocenters. The lowest BCUT2D eigenvalue weighted by Gasteiger charge is -2.05. The summed E-state index contributed by atoms with van der Waals surface area (Å²) in [7, 11) is 1.37. The molecule has 0 saturated heterocycles. The molecule has 7 heteroatoms. The van der Waals surface area contributed by atoms with E-state index in [0.29, 0.717) is 12.1 Å². The van der Waals surface area contributed by atoms with E-state index in [1.54, 1.807) is 12.1 Å². The number of aromatic nitrogens is 3. The lowest BCUT2D eigenvalue weighted by Crippen LogP contribution is -2.06. The Morgan fingerprint density at radius 1 is 1.33 bits per heavy atom. The maximum absolute atomic E-state index is 12.7. The monoisotopic (exact) mass is 335 g/mol. The molecule has 0 aliphatic rings. The molecule has 0 bridgehead atoms. The molecular weight excluding hydrogens is 319 g/mol. The Bertz CT molecular complexity index is 826. The summed E-state index contributed by atoms with van der Waals surface area (Å²) in [5.74, 6) is 5.91. The van der Waals surface area contributed by atoms with Crippen molar-refractivity contribution < 1.29 is 17.9 Å². The zero-order valence-electron chi connectivity index (χ0n) is 13.5. The molecule has 2 heterocycles. The Labute approximate surface area is 138 Å². The van der Waals surface area contributed by atoms with E-state index in [0.717, 1.165) is 21.9 Å². The summed E-state index contributed by atoms with van der Waals surface area (Å²) >= 11 is 0. The van der Waals surface area contributed by atoms with Gasteiger partial charge in [0, 0.05) is 25.6 Å². The number of halogens is 3. The zero-order valence-corrected chi connectivity index (χ0v) is 13.5. The number of alkyl halides is 3. The molecule has 0 aromatic carbocycles. The molecule has 0 atom stereocenters. The predicted molar refractivity (Wildman–Crippen MR) is 83.6 cm³/mol. The smallest absolute Gasteiger partial charge is 0.421 e. The van der Waals surface area contributed by atoms with Crippen LogP contribution in [0.3, 0.4) is 0 Å². The fourth-order valence-electron chi connectivity index (χ4n) is 1.83. The summed E-state index contributed by atoms with van der Waals surface area (Å²) in [6, 6.07) is 4.21. The number of ether oxygens (including phenoxy) is 1. The molecule has 4 nitrogen and oxygen atoms in total. The molecule has 0 fully saturated rings. The first-order chi connectivity index (χ1) is 11.1. The summed E-state index contributed by atoms with van der Waals surface area (Å²) in [5.41, 5.74) is 1.22. The summed E-state index contributed by atoms with van der Waals surface area (Å²) in [5, 5.41) is 3.39. The second kappa shape index (κ2) is 6.79. The second-order valence-corrected chi connectivity index (χ2v) is 5.39. The van der Waals surface area contributed by atoms with Gasteiger partial charge in [-0.2, -0.15) is 18.3 Å². The number of aryl methyl sites for hydroxylation is 2. The van der Waals surface area contributed by atoms with Crippen LogP contribution in [0.15, 0.2) is 30.4 Å². The molecule has 0 radical (unpaired) electrons. The van der Waals surface area contributed by atoms with E-state index < -0.39 is 11.9 Å². The summed E-state index contributed by atoms with van der Waals surface area (Å²) < 4.78 is 44.5. The van der Waals surface area contributed by atoms with Crippen LogP contribution < -0.4 is 4.74 Å². The van der Waals surface area contributed by atoms with E-state index in [9.17, 15) is 13.2 Å². The van der Waals surface area contributed by atoms with E-state index in [1.807, 2.05) is 13.8 Å². The molecule has 0 aliphatic carbocycles. The highest BCUT2D eigenvalue weighted by atomic mass is 19.4. The minimum absolute atomic E-state index is 0.0544. The Balaban J connectivity index is 2.27. The highest BCUT2D eigenvalue weighted by Gasteiger charge is 2.35. The van der Waals surface area contributed by atoms with Gasteiger partial charge in [-0.15, -0.1) is 0 Å². The summed E-state index contributed by atoms with van der Waals surface area (Å²) in [6.07, 6.45) is -3.99. The van der Waals surface area contributed by atoms with Crippen LogP contribution in [0.25, 0.3) is 0 Å². The molecule has 0 amide bonds. The van der Waals surface area contributed by atoms with Gasteiger partial charge in [-0.3, -0.25) is 0 Å². The van der Waals surface area contributed by atoms with Crippen LogP contribution in [0.1, 0.15) is 30.3 Å². The molecule has 2 aromatic rings. The quantitative estimate of drug-likeness (QED) is 0.622. The van der Waals surface area contributed by atoms with Crippen molar-refractivity contribution in [2.75, 3.05) is 0 Å². The first-order valence-corrected chi connectivity index (χ1v) is 7.06. The molecule has 2 aromatic heterocycles. The van der Waals surface area contributed by atoms with Crippen molar-refractivity contribution in [2.45, 2.75) is 26.4 Å².